The second kappa shape index (κ2) is 19.2. The molecule has 0 saturated carbocycles. The van der Waals surface area contributed by atoms with Crippen LogP contribution in [0.3, 0.4) is 0 Å². The summed E-state index contributed by atoms with van der Waals surface area (Å²) in [5.74, 6) is -12.2. The van der Waals surface area contributed by atoms with Crippen molar-refractivity contribution < 1.29 is 106 Å². The Balaban J connectivity index is 1.13. The number of rotatable bonds is 7. The Hall–Kier alpha value is -9.80. The summed E-state index contributed by atoms with van der Waals surface area (Å²) in [4.78, 5) is 0. The minimum Gasteiger partial charge on any atom is -0.508 e. The first-order valence-corrected chi connectivity index (χ1v) is 25.3. The van der Waals surface area contributed by atoms with Gasteiger partial charge in [0.25, 0.3) is 0 Å². The van der Waals surface area contributed by atoms with E-state index < -0.39 is 142 Å². The van der Waals surface area contributed by atoms with Crippen LogP contribution < -0.4 is 18.9 Å². The first-order valence-electron chi connectivity index (χ1n) is 25.3. The number of hydrogen-bond acceptors (Lipinski definition) is 21. The number of benzene rings is 8. The minimum atomic E-state index is -1.94. The lowest BCUT2D eigenvalue weighted by atomic mass is 9.72. The first kappa shape index (κ1) is 51.9. The van der Waals surface area contributed by atoms with Crippen molar-refractivity contribution in [3.8, 4) is 97.7 Å². The molecule has 8 aromatic carbocycles. The number of phenols is 13. The molecule has 21 heteroatoms. The molecule has 8 aromatic rings. The molecule has 21 nitrogen and oxygen atoms in total. The van der Waals surface area contributed by atoms with Gasteiger partial charge in [-0.25, -0.2) is 0 Å². The Bertz CT molecular complexity index is 3860. The highest BCUT2D eigenvalue weighted by molar-refractivity contribution is 5.71. The average Bonchev–Trinajstić information content (AvgIpc) is 3.52. The summed E-state index contributed by atoms with van der Waals surface area (Å²) < 4.78 is 25.7. The average molecular weight is 1110 g/mol. The minimum absolute atomic E-state index is 0.0256. The van der Waals surface area contributed by atoms with E-state index in [9.17, 15) is 86.8 Å². The van der Waals surface area contributed by atoms with Gasteiger partial charge < -0.3 is 106 Å². The number of aliphatic hydroxyl groups excluding tert-OH is 4. The number of aromatic hydroxyl groups is 13. The Labute approximate surface area is 457 Å². The van der Waals surface area contributed by atoms with E-state index in [0.29, 0.717) is 0 Å². The van der Waals surface area contributed by atoms with Crippen LogP contribution in [-0.2, 0) is 6.42 Å². The zero-order valence-electron chi connectivity index (χ0n) is 41.8. The van der Waals surface area contributed by atoms with E-state index in [0.717, 1.165) is 42.5 Å². The Kier molecular flexibility index (Phi) is 12.3. The van der Waals surface area contributed by atoms with Gasteiger partial charge in [0.05, 0.1) is 6.10 Å². The summed E-state index contributed by atoms with van der Waals surface area (Å²) in [7, 11) is 0. The molecule has 0 spiro atoms. The van der Waals surface area contributed by atoms with Gasteiger partial charge in [-0.1, -0.05) is 36.4 Å². The van der Waals surface area contributed by atoms with Gasteiger partial charge in [0.1, 0.15) is 76.2 Å². The quantitative estimate of drug-likeness (QED) is 0.0731. The lowest BCUT2D eigenvalue weighted by molar-refractivity contribution is -0.000202. The molecular weight excluding hydrogens is 1060 g/mol. The van der Waals surface area contributed by atoms with Crippen molar-refractivity contribution in [2.24, 2.45) is 0 Å². The predicted octanol–water partition coefficient (Wildman–Crippen LogP) is 6.78. The summed E-state index contributed by atoms with van der Waals surface area (Å²) in [6, 6.07) is 24.9. The van der Waals surface area contributed by atoms with Gasteiger partial charge in [0.15, 0.2) is 64.3 Å². The maximum absolute atomic E-state index is 13.5. The summed E-state index contributed by atoms with van der Waals surface area (Å²) in [5, 5.41) is 194. The smallest absolute Gasteiger partial charge is 0.157 e. The lowest BCUT2D eigenvalue weighted by Gasteiger charge is -2.43. The maximum Gasteiger partial charge on any atom is 0.157 e. The fourth-order valence-electron chi connectivity index (χ4n) is 11.8. The molecule has 0 saturated heterocycles. The Morgan fingerprint density at radius 1 is 0.309 bits per heavy atom. The highest BCUT2D eigenvalue weighted by atomic mass is 16.5. The Morgan fingerprint density at radius 3 is 1.15 bits per heavy atom. The molecule has 0 amide bonds. The van der Waals surface area contributed by atoms with Crippen LogP contribution in [0.25, 0.3) is 0 Å². The molecule has 0 radical (unpaired) electrons. The highest BCUT2D eigenvalue weighted by Gasteiger charge is 2.51. The van der Waals surface area contributed by atoms with E-state index in [4.69, 9.17) is 18.9 Å². The Morgan fingerprint density at radius 2 is 0.704 bits per heavy atom. The molecule has 12 rings (SSSR count). The summed E-state index contributed by atoms with van der Waals surface area (Å²) in [6.45, 7) is 0. The third kappa shape index (κ3) is 8.48. The zero-order valence-corrected chi connectivity index (χ0v) is 41.8. The molecule has 0 aromatic heterocycles. The molecule has 0 aliphatic carbocycles. The summed E-state index contributed by atoms with van der Waals surface area (Å²) in [5.41, 5.74) is -0.427. The van der Waals surface area contributed by atoms with Crippen molar-refractivity contribution >= 4 is 0 Å². The van der Waals surface area contributed by atoms with Crippen LogP contribution in [0.1, 0.15) is 103 Å². The van der Waals surface area contributed by atoms with Crippen LogP contribution in [0.15, 0.2) is 121 Å². The molecular formula is C60H50O21. The van der Waals surface area contributed by atoms with Crippen LogP contribution in [0.4, 0.5) is 0 Å². The standard InChI is InChI=1S/C60H50O21/c61-26-5-7-28-43(17-26)78-57(23-2-10-34(64)39(69)14-23)53(75)46(28)30-19-31-45(21-37(30)67)80-59(25-4-12-36(66)41(71)16-25)55(77)48(31)50-52(74)49(51(73)32-20-42(72)56(81-60(32)50)22-1-9-33(63)38(68)13-22)47-29-8-6-27(62)18-44(29)79-58(54(47)76)24-3-11-35(65)40(70)15-24/h1-19,21,42,46-48,53-59,61-77H,20H2. The number of ether oxygens (including phenoxy) is 4. The van der Waals surface area contributed by atoms with Crippen LogP contribution >= 0.6 is 0 Å². The number of phenolic OH excluding ortho intramolecular Hbond substituents is 13. The first-order chi connectivity index (χ1) is 38.7. The topological polar surface area (TPSA) is 381 Å². The zero-order chi connectivity index (χ0) is 57.2. The van der Waals surface area contributed by atoms with Gasteiger partial charge in [-0.2, -0.15) is 0 Å². The SMILES string of the molecule is Oc1ccc2c(c1)OC(c1ccc(O)c(O)c1)C(O)C2c1cc2c(cc1O)OC(c1ccc(O)c(O)c1)C(O)C2c1c(O)c(C2c3ccc(O)cc3OC(c3ccc(O)c(O)c3)C2O)c(O)c2c1OC(c1ccc(O)c(O)c1)C(O)C2. The van der Waals surface area contributed by atoms with E-state index >= 15 is 0 Å². The maximum atomic E-state index is 13.5. The fraction of sp³-hybridized carbons (Fsp3) is 0.200. The van der Waals surface area contributed by atoms with E-state index in [1.54, 1.807) is 0 Å². The van der Waals surface area contributed by atoms with Crippen LogP contribution in [0.5, 0.6) is 97.7 Å². The molecule has 11 unspecified atom stereocenters. The van der Waals surface area contributed by atoms with Gasteiger partial charge in [0.2, 0.25) is 0 Å². The van der Waals surface area contributed by atoms with Gasteiger partial charge in [0, 0.05) is 81.3 Å². The number of fused-ring (bicyclic) bond motifs is 4. The van der Waals surface area contributed by atoms with Crippen LogP contribution in [-0.4, -0.2) is 111 Å². The van der Waals surface area contributed by atoms with Gasteiger partial charge in [-0.15, -0.1) is 0 Å². The highest BCUT2D eigenvalue weighted by Crippen LogP contribution is 2.62. The van der Waals surface area contributed by atoms with Crippen LogP contribution in [0.2, 0.25) is 0 Å². The van der Waals surface area contributed by atoms with E-state index in [-0.39, 0.29) is 90.1 Å². The molecule has 0 fully saturated rings. The molecule has 4 aliphatic rings. The number of aliphatic hydroxyl groups is 4. The molecule has 17 N–H and O–H groups in total. The monoisotopic (exact) mass is 1110 g/mol. The van der Waals surface area contributed by atoms with Crippen LogP contribution in [0, 0.1) is 0 Å². The van der Waals surface area contributed by atoms with Gasteiger partial charge >= 0.3 is 0 Å². The van der Waals surface area contributed by atoms with Crippen molar-refractivity contribution in [3.05, 3.63) is 183 Å². The molecule has 4 aliphatic heterocycles. The van der Waals surface area contributed by atoms with Crippen molar-refractivity contribution in [1.29, 1.82) is 0 Å². The largest absolute Gasteiger partial charge is 0.508 e. The molecule has 416 valence electrons. The molecule has 81 heavy (non-hydrogen) atoms. The van der Waals surface area contributed by atoms with E-state index in [1.807, 2.05) is 0 Å². The third-order valence-electron chi connectivity index (χ3n) is 15.7. The normalized spacial score (nSPS) is 24.4. The second-order valence-electron chi connectivity index (χ2n) is 20.5. The fourth-order valence-corrected chi connectivity index (χ4v) is 11.8. The van der Waals surface area contributed by atoms with Crippen molar-refractivity contribution in [1.82, 2.24) is 0 Å². The number of hydrogen-bond donors (Lipinski definition) is 17. The van der Waals surface area contributed by atoms with E-state index in [2.05, 4.69) is 0 Å². The molecule has 11 atom stereocenters. The molecule has 4 heterocycles. The third-order valence-corrected chi connectivity index (χ3v) is 15.7. The van der Waals surface area contributed by atoms with Crippen molar-refractivity contribution in [2.45, 2.75) is 73.0 Å². The van der Waals surface area contributed by atoms with Gasteiger partial charge in [-0.05, 0) is 89.0 Å². The van der Waals surface area contributed by atoms with Crippen molar-refractivity contribution in [2.75, 3.05) is 0 Å². The van der Waals surface area contributed by atoms with E-state index in [1.165, 1.54) is 78.9 Å². The van der Waals surface area contributed by atoms with Crippen molar-refractivity contribution in [3.63, 3.8) is 0 Å². The lowest BCUT2D eigenvalue weighted by Crippen LogP contribution is -2.38. The second-order valence-corrected chi connectivity index (χ2v) is 20.5. The summed E-state index contributed by atoms with van der Waals surface area (Å²) in [6.07, 6.45) is -13.3. The molecule has 0 bridgehead atoms. The van der Waals surface area contributed by atoms with Gasteiger partial charge in [-0.3, -0.25) is 0 Å². The summed E-state index contributed by atoms with van der Waals surface area (Å²) >= 11 is 0. The predicted molar refractivity (Wildman–Crippen MR) is 280 cm³/mol.